The zero-order chi connectivity index (χ0) is 22.0. The summed E-state index contributed by atoms with van der Waals surface area (Å²) in [7, 11) is 0. The monoisotopic (exact) mass is 434 g/mol. The van der Waals surface area contributed by atoms with E-state index in [1.807, 2.05) is 69.3 Å². The minimum Gasteiger partial charge on any atom is -0.493 e. The van der Waals surface area contributed by atoms with Gasteiger partial charge in [0.25, 0.3) is 11.1 Å². The zero-order valence-electron chi connectivity index (χ0n) is 18.0. The number of ether oxygens (including phenoxy) is 1. The Bertz CT molecular complexity index is 1160. The van der Waals surface area contributed by atoms with E-state index in [9.17, 15) is 9.59 Å². The van der Waals surface area contributed by atoms with E-state index in [4.69, 9.17) is 4.74 Å². The number of para-hydroxylation sites is 2. The van der Waals surface area contributed by atoms with Gasteiger partial charge in [-0.3, -0.25) is 14.5 Å². The lowest BCUT2D eigenvalue weighted by atomic mass is 10.1. The van der Waals surface area contributed by atoms with Gasteiger partial charge in [-0.25, -0.2) is 0 Å². The number of imide groups is 1. The molecule has 0 unspecified atom stereocenters. The van der Waals surface area contributed by atoms with Gasteiger partial charge >= 0.3 is 0 Å². The van der Waals surface area contributed by atoms with Crippen molar-refractivity contribution in [2.45, 2.75) is 39.8 Å². The first-order valence-corrected chi connectivity index (χ1v) is 11.3. The lowest BCUT2D eigenvalue weighted by Gasteiger charge is -2.16. The van der Waals surface area contributed by atoms with E-state index in [0.717, 1.165) is 52.5 Å². The van der Waals surface area contributed by atoms with Gasteiger partial charge in [0, 0.05) is 35.2 Å². The van der Waals surface area contributed by atoms with Crippen LogP contribution in [0, 0.1) is 6.92 Å². The molecule has 1 aromatic heterocycles. The first-order valence-electron chi connectivity index (χ1n) is 10.5. The molecule has 2 heterocycles. The van der Waals surface area contributed by atoms with Gasteiger partial charge in [0.1, 0.15) is 5.75 Å². The highest BCUT2D eigenvalue weighted by Gasteiger charge is 2.36. The summed E-state index contributed by atoms with van der Waals surface area (Å²) in [5, 5.41) is 0.863. The Labute approximate surface area is 186 Å². The largest absolute Gasteiger partial charge is 0.493 e. The van der Waals surface area contributed by atoms with Crippen molar-refractivity contribution in [1.82, 2.24) is 9.47 Å². The van der Waals surface area contributed by atoms with E-state index >= 15 is 0 Å². The van der Waals surface area contributed by atoms with Gasteiger partial charge in [0.15, 0.2) is 0 Å². The molecular weight excluding hydrogens is 408 g/mol. The first-order chi connectivity index (χ1) is 15.0. The summed E-state index contributed by atoms with van der Waals surface area (Å²) in [4.78, 5) is 26.7. The minimum absolute atomic E-state index is 0.145. The quantitative estimate of drug-likeness (QED) is 0.345. The van der Waals surface area contributed by atoms with Gasteiger partial charge in [-0.2, -0.15) is 0 Å². The Morgan fingerprint density at radius 2 is 1.81 bits per heavy atom. The number of rotatable bonds is 7. The topological polar surface area (TPSA) is 51.5 Å². The highest BCUT2D eigenvalue weighted by Crippen LogP contribution is 2.35. The number of hydrogen-bond donors (Lipinski definition) is 0. The van der Waals surface area contributed by atoms with Crippen LogP contribution in [0.1, 0.15) is 31.4 Å². The minimum atomic E-state index is -0.214. The van der Waals surface area contributed by atoms with Crippen molar-refractivity contribution < 1.29 is 14.3 Å². The van der Waals surface area contributed by atoms with Crippen molar-refractivity contribution in [3.8, 4) is 5.75 Å². The summed E-state index contributed by atoms with van der Waals surface area (Å²) in [5.74, 6) is 0.704. The molecule has 4 rings (SSSR count). The summed E-state index contributed by atoms with van der Waals surface area (Å²) in [6.07, 6.45) is 4.76. The third-order valence-electron chi connectivity index (χ3n) is 5.34. The van der Waals surface area contributed by atoms with Crippen LogP contribution < -0.4 is 4.74 Å². The number of benzene rings is 2. The van der Waals surface area contributed by atoms with E-state index in [0.29, 0.717) is 11.5 Å². The van der Waals surface area contributed by atoms with Crippen LogP contribution in [0.5, 0.6) is 5.75 Å². The van der Waals surface area contributed by atoms with Crippen LogP contribution in [0.15, 0.2) is 59.6 Å². The van der Waals surface area contributed by atoms with E-state index in [1.54, 1.807) is 0 Å². The van der Waals surface area contributed by atoms with Crippen LogP contribution in [-0.2, 0) is 11.3 Å². The van der Waals surface area contributed by atoms with Gasteiger partial charge in [0.2, 0.25) is 0 Å². The summed E-state index contributed by atoms with van der Waals surface area (Å²) < 4.78 is 8.12. The highest BCUT2D eigenvalue weighted by atomic mass is 32.2. The SMILES string of the molecule is Cc1ccccc1OCCCn1cc(/C=C2\SC(=O)N(C(C)C)C2=O)c2ccccc21. The van der Waals surface area contributed by atoms with Crippen LogP contribution >= 0.6 is 11.8 Å². The average molecular weight is 435 g/mol. The Morgan fingerprint density at radius 1 is 1.06 bits per heavy atom. The number of fused-ring (bicyclic) bond motifs is 1. The number of carbonyl (C=O) groups excluding carboxylic acids is 2. The summed E-state index contributed by atoms with van der Waals surface area (Å²) >= 11 is 1.01. The highest BCUT2D eigenvalue weighted by molar-refractivity contribution is 8.18. The van der Waals surface area contributed by atoms with Gasteiger partial charge in [0.05, 0.1) is 11.5 Å². The van der Waals surface area contributed by atoms with Crippen molar-refractivity contribution >= 4 is 39.9 Å². The van der Waals surface area contributed by atoms with Crippen molar-refractivity contribution in [3.63, 3.8) is 0 Å². The number of thioether (sulfide) groups is 1. The van der Waals surface area contributed by atoms with Gasteiger partial charge < -0.3 is 9.30 Å². The fraction of sp³-hybridized carbons (Fsp3) is 0.280. The lowest BCUT2D eigenvalue weighted by Crippen LogP contribution is -2.34. The molecule has 31 heavy (non-hydrogen) atoms. The number of amides is 2. The normalized spacial score (nSPS) is 15.6. The first kappa shape index (κ1) is 21.2. The Kier molecular flexibility index (Phi) is 6.18. The standard InChI is InChI=1S/C25H26N2O3S/c1-17(2)27-24(28)23(31-25(27)29)15-19-16-26(21-11-6-5-10-20(19)21)13-8-14-30-22-12-7-4-9-18(22)3/h4-7,9-12,15-17H,8,13-14H2,1-3H3/b23-15-. The van der Waals surface area contributed by atoms with Gasteiger partial charge in [-0.15, -0.1) is 0 Å². The van der Waals surface area contributed by atoms with E-state index in [1.165, 1.54) is 4.90 Å². The van der Waals surface area contributed by atoms with Gasteiger partial charge in [-0.05, 0) is 62.7 Å². The number of hydrogen-bond acceptors (Lipinski definition) is 4. The second kappa shape index (κ2) is 9.02. The van der Waals surface area contributed by atoms with Crippen LogP contribution in [0.25, 0.3) is 17.0 Å². The number of aryl methyl sites for hydroxylation is 2. The maximum atomic E-state index is 12.7. The summed E-state index contributed by atoms with van der Waals surface area (Å²) in [6, 6.07) is 16.0. The Hall–Kier alpha value is -2.99. The zero-order valence-corrected chi connectivity index (χ0v) is 18.8. The molecule has 6 heteroatoms. The third kappa shape index (κ3) is 4.39. The fourth-order valence-corrected chi connectivity index (χ4v) is 4.73. The maximum absolute atomic E-state index is 12.7. The molecule has 3 aromatic rings. The van der Waals surface area contributed by atoms with Crippen LogP contribution in [-0.4, -0.2) is 33.3 Å². The third-order valence-corrected chi connectivity index (χ3v) is 6.22. The number of carbonyl (C=O) groups is 2. The molecule has 0 atom stereocenters. The van der Waals surface area contributed by atoms with Crippen molar-refractivity contribution in [2.24, 2.45) is 0 Å². The van der Waals surface area contributed by atoms with Crippen molar-refractivity contribution in [2.75, 3.05) is 6.61 Å². The van der Waals surface area contributed by atoms with Crippen LogP contribution in [0.4, 0.5) is 4.79 Å². The van der Waals surface area contributed by atoms with Crippen molar-refractivity contribution in [3.05, 3.63) is 70.8 Å². The van der Waals surface area contributed by atoms with Gasteiger partial charge in [-0.1, -0.05) is 36.4 Å². The molecule has 0 spiro atoms. The molecule has 5 nitrogen and oxygen atoms in total. The Balaban J connectivity index is 1.52. The predicted molar refractivity (Wildman–Crippen MR) is 126 cm³/mol. The molecule has 1 saturated heterocycles. The Morgan fingerprint density at radius 3 is 2.55 bits per heavy atom. The average Bonchev–Trinajstić information content (AvgIpc) is 3.23. The maximum Gasteiger partial charge on any atom is 0.293 e. The second-order valence-corrected chi connectivity index (χ2v) is 8.90. The molecule has 1 aliphatic heterocycles. The molecule has 0 aliphatic carbocycles. The number of aromatic nitrogens is 1. The fourth-order valence-electron chi connectivity index (χ4n) is 3.78. The molecule has 0 N–H and O–H groups in total. The molecule has 1 aliphatic rings. The smallest absolute Gasteiger partial charge is 0.293 e. The van der Waals surface area contributed by atoms with Crippen LogP contribution in [0.3, 0.4) is 0 Å². The summed E-state index contributed by atoms with van der Waals surface area (Å²) in [6.45, 7) is 7.17. The molecule has 2 aromatic carbocycles. The summed E-state index contributed by atoms with van der Waals surface area (Å²) in [5.41, 5.74) is 3.18. The molecule has 0 radical (unpaired) electrons. The van der Waals surface area contributed by atoms with E-state index < -0.39 is 0 Å². The second-order valence-electron chi connectivity index (χ2n) is 7.91. The lowest BCUT2D eigenvalue weighted by molar-refractivity contribution is -0.123. The molecule has 0 bridgehead atoms. The predicted octanol–water partition coefficient (Wildman–Crippen LogP) is 5.86. The molecule has 1 fully saturated rings. The van der Waals surface area contributed by atoms with E-state index in [2.05, 4.69) is 16.8 Å². The van der Waals surface area contributed by atoms with E-state index in [-0.39, 0.29) is 17.2 Å². The molecule has 0 saturated carbocycles. The molecule has 160 valence electrons. The van der Waals surface area contributed by atoms with Crippen molar-refractivity contribution in [1.29, 1.82) is 0 Å². The molecular formula is C25H26N2O3S. The number of nitrogens with zero attached hydrogens (tertiary/aromatic N) is 2. The van der Waals surface area contributed by atoms with Crippen LogP contribution in [0.2, 0.25) is 0 Å². The molecule has 2 amide bonds.